The first-order valence-electron chi connectivity index (χ1n) is 8.19. The van der Waals surface area contributed by atoms with Gasteiger partial charge in [-0.05, 0) is 23.6 Å². The number of non-ortho nitro benzene ring substituents is 1. The quantitative estimate of drug-likeness (QED) is 0.444. The average Bonchev–Trinajstić information content (AvgIpc) is 3.19. The lowest BCUT2D eigenvalue weighted by molar-refractivity contribution is -0.384. The van der Waals surface area contributed by atoms with Crippen molar-refractivity contribution in [3.8, 4) is 0 Å². The van der Waals surface area contributed by atoms with Crippen molar-refractivity contribution >= 4 is 46.5 Å². The molecular weight excluding hydrogens is 390 g/mol. The SMILES string of the molecule is O=C(/C=C/c1cccs1)N1CCN(C(=O)c2ccc([N+](=O)[O-])cc2Cl)CC1. The second-order valence-corrected chi connectivity index (χ2v) is 7.27. The number of thiophene rings is 1. The van der Waals surface area contributed by atoms with Crippen molar-refractivity contribution in [1.29, 1.82) is 0 Å². The Morgan fingerprint density at radius 1 is 1.15 bits per heavy atom. The maximum atomic E-state index is 12.6. The molecule has 0 radical (unpaired) electrons. The zero-order valence-corrected chi connectivity index (χ0v) is 15.8. The molecule has 2 aromatic rings. The first-order chi connectivity index (χ1) is 13.0. The van der Waals surface area contributed by atoms with Crippen molar-refractivity contribution < 1.29 is 14.5 Å². The van der Waals surface area contributed by atoms with Crippen molar-refractivity contribution in [3.05, 3.63) is 67.4 Å². The Labute approximate surface area is 164 Å². The summed E-state index contributed by atoms with van der Waals surface area (Å²) in [4.78, 5) is 39.4. The summed E-state index contributed by atoms with van der Waals surface area (Å²) in [5, 5.41) is 12.8. The summed E-state index contributed by atoms with van der Waals surface area (Å²) in [6.45, 7) is 1.60. The highest BCUT2D eigenvalue weighted by molar-refractivity contribution is 7.10. The third-order valence-corrected chi connectivity index (χ3v) is 5.36. The van der Waals surface area contributed by atoms with Gasteiger partial charge in [-0.3, -0.25) is 19.7 Å². The molecule has 1 aliphatic rings. The highest BCUT2D eigenvalue weighted by Gasteiger charge is 2.25. The summed E-state index contributed by atoms with van der Waals surface area (Å²) in [5.74, 6) is -0.389. The highest BCUT2D eigenvalue weighted by atomic mass is 35.5. The number of nitro benzene ring substituents is 1. The fourth-order valence-electron chi connectivity index (χ4n) is 2.74. The van der Waals surface area contributed by atoms with Crippen LogP contribution in [0.25, 0.3) is 6.08 Å². The van der Waals surface area contributed by atoms with E-state index in [1.54, 1.807) is 27.2 Å². The fraction of sp³-hybridized carbons (Fsp3) is 0.222. The van der Waals surface area contributed by atoms with Crippen LogP contribution in [0.5, 0.6) is 0 Å². The molecule has 1 aromatic heterocycles. The lowest BCUT2D eigenvalue weighted by Gasteiger charge is -2.34. The molecule has 2 heterocycles. The number of nitrogens with zero attached hydrogens (tertiary/aromatic N) is 3. The van der Waals surface area contributed by atoms with Crippen LogP contribution in [0, 0.1) is 10.1 Å². The number of nitro groups is 1. The fourth-order valence-corrected chi connectivity index (χ4v) is 3.61. The van der Waals surface area contributed by atoms with Crippen LogP contribution >= 0.6 is 22.9 Å². The number of carbonyl (C=O) groups excluding carboxylic acids is 2. The molecule has 7 nitrogen and oxygen atoms in total. The van der Waals surface area contributed by atoms with Gasteiger partial charge in [0.05, 0.1) is 15.5 Å². The van der Waals surface area contributed by atoms with Crippen molar-refractivity contribution in [2.24, 2.45) is 0 Å². The molecule has 9 heteroatoms. The largest absolute Gasteiger partial charge is 0.336 e. The minimum Gasteiger partial charge on any atom is -0.336 e. The van der Waals surface area contributed by atoms with Crippen LogP contribution in [0.15, 0.2) is 41.8 Å². The minimum atomic E-state index is -0.561. The predicted octanol–water partition coefficient (Wildman–Crippen LogP) is 3.31. The maximum absolute atomic E-state index is 12.6. The second kappa shape index (κ2) is 8.32. The first-order valence-corrected chi connectivity index (χ1v) is 9.45. The van der Waals surface area contributed by atoms with Gasteiger partial charge in [0, 0.05) is 49.3 Å². The number of hydrogen-bond donors (Lipinski definition) is 0. The van der Waals surface area contributed by atoms with Gasteiger partial charge in [-0.25, -0.2) is 0 Å². The van der Waals surface area contributed by atoms with Crippen molar-refractivity contribution in [1.82, 2.24) is 9.80 Å². The first kappa shape index (κ1) is 19.1. The number of carbonyl (C=O) groups is 2. The standard InChI is InChI=1S/C18H16ClN3O4S/c19-16-12-13(22(25)26)3-5-15(16)18(24)21-9-7-20(8-10-21)17(23)6-4-14-2-1-11-27-14/h1-6,11-12H,7-10H2/b6-4+. The Hall–Kier alpha value is -2.71. The molecule has 0 atom stereocenters. The van der Waals surface area contributed by atoms with Crippen LogP contribution in [-0.4, -0.2) is 52.7 Å². The Morgan fingerprint density at radius 2 is 1.85 bits per heavy atom. The van der Waals surface area contributed by atoms with Gasteiger partial charge < -0.3 is 9.80 Å². The Morgan fingerprint density at radius 3 is 2.44 bits per heavy atom. The molecule has 27 heavy (non-hydrogen) atoms. The number of halogens is 1. The molecule has 1 aromatic carbocycles. The minimum absolute atomic E-state index is 0.0478. The van der Waals surface area contributed by atoms with Gasteiger partial charge in [-0.2, -0.15) is 0 Å². The van der Waals surface area contributed by atoms with E-state index >= 15 is 0 Å². The Balaban J connectivity index is 1.59. The van der Waals surface area contributed by atoms with E-state index in [1.807, 2.05) is 17.5 Å². The van der Waals surface area contributed by atoms with Gasteiger partial charge in [0.1, 0.15) is 0 Å². The summed E-state index contributed by atoms with van der Waals surface area (Å²) in [7, 11) is 0. The molecule has 1 saturated heterocycles. The summed E-state index contributed by atoms with van der Waals surface area (Å²) < 4.78 is 0. The number of rotatable bonds is 4. The van der Waals surface area contributed by atoms with Crippen molar-refractivity contribution in [2.75, 3.05) is 26.2 Å². The van der Waals surface area contributed by atoms with E-state index in [0.717, 1.165) is 4.88 Å². The molecule has 0 N–H and O–H groups in total. The average molecular weight is 406 g/mol. The molecule has 0 bridgehead atoms. The maximum Gasteiger partial charge on any atom is 0.270 e. The van der Waals surface area contributed by atoms with E-state index in [1.165, 1.54) is 24.3 Å². The van der Waals surface area contributed by atoms with E-state index in [9.17, 15) is 19.7 Å². The number of benzene rings is 1. The molecule has 0 aliphatic carbocycles. The summed E-state index contributed by atoms with van der Waals surface area (Å²) in [6.07, 6.45) is 3.32. The van der Waals surface area contributed by atoms with Gasteiger partial charge in [-0.15, -0.1) is 11.3 Å². The smallest absolute Gasteiger partial charge is 0.270 e. The molecule has 0 unspecified atom stereocenters. The molecular formula is C18H16ClN3O4S. The van der Waals surface area contributed by atoms with Crippen LogP contribution in [-0.2, 0) is 4.79 Å². The van der Waals surface area contributed by atoms with Crippen molar-refractivity contribution in [2.45, 2.75) is 0 Å². The van der Waals surface area contributed by atoms with Gasteiger partial charge in [0.15, 0.2) is 0 Å². The Kier molecular flexibility index (Phi) is 5.88. The Bertz CT molecular complexity index is 890. The van der Waals surface area contributed by atoms with Crippen LogP contribution in [0.4, 0.5) is 5.69 Å². The van der Waals surface area contributed by atoms with Gasteiger partial charge in [-0.1, -0.05) is 17.7 Å². The molecule has 140 valence electrons. The summed E-state index contributed by atoms with van der Waals surface area (Å²) >= 11 is 7.58. The third-order valence-electron chi connectivity index (χ3n) is 4.21. The molecule has 1 fully saturated rings. The lowest BCUT2D eigenvalue weighted by atomic mass is 10.1. The van der Waals surface area contributed by atoms with E-state index in [2.05, 4.69) is 0 Å². The lowest BCUT2D eigenvalue weighted by Crippen LogP contribution is -2.50. The molecule has 2 amide bonds. The van der Waals surface area contributed by atoms with Crippen LogP contribution in [0.1, 0.15) is 15.2 Å². The van der Waals surface area contributed by atoms with E-state index in [0.29, 0.717) is 26.2 Å². The number of hydrogen-bond acceptors (Lipinski definition) is 5. The zero-order valence-electron chi connectivity index (χ0n) is 14.2. The van der Waals surface area contributed by atoms with Gasteiger partial charge in [0.25, 0.3) is 11.6 Å². The molecule has 0 saturated carbocycles. The second-order valence-electron chi connectivity index (χ2n) is 5.89. The predicted molar refractivity (Wildman–Crippen MR) is 104 cm³/mol. The van der Waals surface area contributed by atoms with Crippen LogP contribution in [0.3, 0.4) is 0 Å². The monoisotopic (exact) mass is 405 g/mol. The number of amides is 2. The summed E-state index contributed by atoms with van der Waals surface area (Å²) in [6, 6.07) is 7.64. The summed E-state index contributed by atoms with van der Waals surface area (Å²) in [5.41, 5.74) is 0.0594. The molecule has 0 spiro atoms. The topological polar surface area (TPSA) is 83.8 Å². The number of piperazine rings is 1. The van der Waals surface area contributed by atoms with E-state index in [4.69, 9.17) is 11.6 Å². The normalized spacial score (nSPS) is 14.6. The zero-order chi connectivity index (χ0) is 19.4. The van der Waals surface area contributed by atoms with E-state index < -0.39 is 4.92 Å². The van der Waals surface area contributed by atoms with Gasteiger partial charge >= 0.3 is 0 Å². The highest BCUT2D eigenvalue weighted by Crippen LogP contribution is 2.24. The molecule has 3 rings (SSSR count). The molecule has 1 aliphatic heterocycles. The van der Waals surface area contributed by atoms with Crippen LogP contribution < -0.4 is 0 Å². The van der Waals surface area contributed by atoms with Crippen molar-refractivity contribution in [3.63, 3.8) is 0 Å². The third kappa shape index (κ3) is 4.53. The van der Waals surface area contributed by atoms with E-state index in [-0.39, 0.29) is 28.1 Å². The van der Waals surface area contributed by atoms with Crippen LogP contribution in [0.2, 0.25) is 5.02 Å². The van der Waals surface area contributed by atoms with Gasteiger partial charge in [0.2, 0.25) is 5.91 Å².